The Balaban J connectivity index is 1.80. The molecule has 196 valence electrons. The summed E-state index contributed by atoms with van der Waals surface area (Å²) in [4.78, 5) is 44.4. The minimum absolute atomic E-state index is 0.0281. The molecule has 1 aliphatic heterocycles. The Labute approximate surface area is 222 Å². The lowest BCUT2D eigenvalue weighted by atomic mass is 9.84. The number of benzene rings is 2. The predicted molar refractivity (Wildman–Crippen MR) is 144 cm³/mol. The summed E-state index contributed by atoms with van der Waals surface area (Å²) in [5.74, 6) is -2.09. The molecule has 1 aromatic heterocycles. The highest BCUT2D eigenvalue weighted by molar-refractivity contribution is 6.46. The van der Waals surface area contributed by atoms with E-state index in [0.29, 0.717) is 16.7 Å². The summed E-state index contributed by atoms with van der Waals surface area (Å²) in [7, 11) is 0. The molecule has 0 aliphatic carbocycles. The van der Waals surface area contributed by atoms with Crippen molar-refractivity contribution in [2.75, 3.05) is 6.61 Å². The number of ketones is 1. The number of aromatic nitrogens is 1. The number of rotatable bonds is 6. The van der Waals surface area contributed by atoms with E-state index in [-0.39, 0.29) is 29.9 Å². The molecule has 0 saturated carbocycles. The second-order valence-electron chi connectivity index (χ2n) is 10.4. The van der Waals surface area contributed by atoms with Crippen LogP contribution in [0.5, 0.6) is 0 Å². The monoisotopic (exact) mass is 512 g/mol. The van der Waals surface area contributed by atoms with Crippen molar-refractivity contribution in [1.29, 1.82) is 0 Å². The number of carbonyl (C=O) groups is 3. The van der Waals surface area contributed by atoms with E-state index >= 15 is 0 Å². The van der Waals surface area contributed by atoms with Crippen LogP contribution in [0.4, 0.5) is 0 Å². The number of Topliss-reactive ketones (excluding diaryl/α,β-unsaturated/α-hetero) is 1. The zero-order chi connectivity index (χ0) is 27.6. The number of pyridine rings is 1. The number of amides is 1. The molecule has 0 spiro atoms. The number of aryl methyl sites for hydroxylation is 1. The smallest absolute Gasteiger partial charge is 0.338 e. The number of hydrogen-bond donors (Lipinski definition) is 1. The van der Waals surface area contributed by atoms with Crippen LogP contribution < -0.4 is 0 Å². The van der Waals surface area contributed by atoms with E-state index in [9.17, 15) is 19.5 Å². The molecule has 1 saturated heterocycles. The average molecular weight is 513 g/mol. The van der Waals surface area contributed by atoms with Crippen LogP contribution in [0.25, 0.3) is 5.76 Å². The zero-order valence-corrected chi connectivity index (χ0v) is 22.3. The summed E-state index contributed by atoms with van der Waals surface area (Å²) in [5.41, 5.74) is 3.90. The molecule has 2 aromatic carbocycles. The number of aliphatic hydroxyl groups is 1. The van der Waals surface area contributed by atoms with Crippen LogP contribution in [0.1, 0.15) is 71.9 Å². The third-order valence-electron chi connectivity index (χ3n) is 6.72. The Kier molecular flexibility index (Phi) is 7.49. The summed E-state index contributed by atoms with van der Waals surface area (Å²) >= 11 is 0. The van der Waals surface area contributed by atoms with Crippen molar-refractivity contribution in [1.82, 2.24) is 9.88 Å². The van der Waals surface area contributed by atoms with Crippen molar-refractivity contribution in [3.63, 3.8) is 0 Å². The number of nitrogens with zero attached hydrogens (tertiary/aromatic N) is 2. The maximum atomic E-state index is 13.4. The summed E-state index contributed by atoms with van der Waals surface area (Å²) in [6.45, 7) is 10.2. The molecule has 0 radical (unpaired) electrons. The number of likely N-dealkylation sites (tertiary alicyclic amines) is 1. The van der Waals surface area contributed by atoms with E-state index < -0.39 is 23.7 Å². The first kappa shape index (κ1) is 26.8. The summed E-state index contributed by atoms with van der Waals surface area (Å²) < 4.78 is 5.04. The van der Waals surface area contributed by atoms with Gasteiger partial charge in [-0.3, -0.25) is 14.6 Å². The lowest BCUT2D eigenvalue weighted by molar-refractivity contribution is -0.140. The van der Waals surface area contributed by atoms with Crippen LogP contribution in [0.3, 0.4) is 0 Å². The number of carbonyl (C=O) groups excluding carboxylic acids is 3. The van der Waals surface area contributed by atoms with E-state index in [1.807, 2.05) is 25.1 Å². The molecular weight excluding hydrogens is 480 g/mol. The number of aliphatic hydroxyl groups excluding tert-OH is 1. The van der Waals surface area contributed by atoms with Crippen LogP contribution in [0.2, 0.25) is 0 Å². The van der Waals surface area contributed by atoms with Crippen LogP contribution in [-0.4, -0.2) is 39.3 Å². The van der Waals surface area contributed by atoms with Gasteiger partial charge < -0.3 is 14.7 Å². The van der Waals surface area contributed by atoms with E-state index in [1.165, 1.54) is 4.90 Å². The second-order valence-corrected chi connectivity index (χ2v) is 10.4. The Morgan fingerprint density at radius 1 is 1.08 bits per heavy atom. The quantitative estimate of drug-likeness (QED) is 0.203. The lowest BCUT2D eigenvalue weighted by Crippen LogP contribution is -2.29. The standard InChI is InChI=1S/C31H32N2O5/c1-6-38-30(37)21-12-10-20(11-13-21)18-33-26(22-8-7-15-32-17-22)25(28(35)29(33)36)27(34)24-16-23(31(3,4)5)14-9-19(24)2/h7-17,26,34H,6,18H2,1-5H3/b27-25+. The topological polar surface area (TPSA) is 96.8 Å². The highest BCUT2D eigenvalue weighted by Gasteiger charge is 2.46. The Bertz CT molecular complexity index is 1400. The minimum Gasteiger partial charge on any atom is -0.507 e. The van der Waals surface area contributed by atoms with Gasteiger partial charge in [0.15, 0.2) is 0 Å². The van der Waals surface area contributed by atoms with Gasteiger partial charge in [0.2, 0.25) is 0 Å². The van der Waals surface area contributed by atoms with Gasteiger partial charge >= 0.3 is 5.97 Å². The fourth-order valence-electron chi connectivity index (χ4n) is 4.57. The number of esters is 1. The van der Waals surface area contributed by atoms with Crippen molar-refractivity contribution >= 4 is 23.4 Å². The fourth-order valence-corrected chi connectivity index (χ4v) is 4.57. The molecule has 1 aliphatic rings. The molecule has 1 unspecified atom stereocenters. The summed E-state index contributed by atoms with van der Waals surface area (Å²) in [6.07, 6.45) is 3.21. The van der Waals surface area contributed by atoms with Crippen LogP contribution in [-0.2, 0) is 26.3 Å². The van der Waals surface area contributed by atoms with Gasteiger partial charge in [-0.1, -0.05) is 51.1 Å². The van der Waals surface area contributed by atoms with Gasteiger partial charge in [0, 0.05) is 24.5 Å². The van der Waals surface area contributed by atoms with Crippen LogP contribution >= 0.6 is 0 Å². The van der Waals surface area contributed by atoms with Gasteiger partial charge in [0.05, 0.1) is 23.8 Å². The fraction of sp³-hybridized carbons (Fsp3) is 0.290. The molecule has 1 N–H and O–H groups in total. The third-order valence-corrected chi connectivity index (χ3v) is 6.72. The van der Waals surface area contributed by atoms with Gasteiger partial charge in [-0.2, -0.15) is 0 Å². The molecule has 3 aromatic rings. The largest absolute Gasteiger partial charge is 0.507 e. The zero-order valence-electron chi connectivity index (χ0n) is 22.3. The molecule has 1 amide bonds. The molecule has 4 rings (SSSR count). The maximum absolute atomic E-state index is 13.4. The van der Waals surface area contributed by atoms with Crippen LogP contribution in [0.15, 0.2) is 72.6 Å². The van der Waals surface area contributed by atoms with E-state index in [4.69, 9.17) is 4.74 Å². The van der Waals surface area contributed by atoms with Crippen molar-refractivity contribution in [2.24, 2.45) is 0 Å². The van der Waals surface area contributed by atoms with Gasteiger partial charge in [-0.05, 0) is 65.8 Å². The molecule has 1 fully saturated rings. The molecule has 7 nitrogen and oxygen atoms in total. The molecule has 2 heterocycles. The third kappa shape index (κ3) is 5.23. The van der Waals surface area contributed by atoms with Gasteiger partial charge in [0.1, 0.15) is 5.76 Å². The molecule has 0 bridgehead atoms. The van der Waals surface area contributed by atoms with Crippen molar-refractivity contribution in [3.05, 3.63) is 106 Å². The molecular formula is C31H32N2O5. The lowest BCUT2D eigenvalue weighted by Gasteiger charge is -2.26. The number of ether oxygens (including phenoxy) is 1. The van der Waals surface area contributed by atoms with Gasteiger partial charge in [-0.15, -0.1) is 0 Å². The van der Waals surface area contributed by atoms with Gasteiger partial charge in [-0.25, -0.2) is 4.79 Å². The Hall–Kier alpha value is -4.26. The highest BCUT2D eigenvalue weighted by Crippen LogP contribution is 2.41. The SMILES string of the molecule is CCOC(=O)c1ccc(CN2C(=O)C(=O)/C(=C(/O)c3cc(C(C)(C)C)ccc3C)C2c2cccnc2)cc1. The van der Waals surface area contributed by atoms with Crippen LogP contribution in [0, 0.1) is 6.92 Å². The average Bonchev–Trinajstić information content (AvgIpc) is 3.14. The van der Waals surface area contributed by atoms with E-state index in [2.05, 4.69) is 25.8 Å². The first-order valence-electron chi connectivity index (χ1n) is 12.6. The van der Waals surface area contributed by atoms with Crippen molar-refractivity contribution in [3.8, 4) is 0 Å². The minimum atomic E-state index is -0.828. The van der Waals surface area contributed by atoms with E-state index in [1.54, 1.807) is 55.7 Å². The molecule has 7 heteroatoms. The Morgan fingerprint density at radius 3 is 2.39 bits per heavy atom. The molecule has 1 atom stereocenters. The first-order chi connectivity index (χ1) is 18.0. The second kappa shape index (κ2) is 10.6. The Morgan fingerprint density at radius 2 is 1.79 bits per heavy atom. The summed E-state index contributed by atoms with van der Waals surface area (Å²) in [6, 6.07) is 15.2. The highest BCUT2D eigenvalue weighted by atomic mass is 16.5. The maximum Gasteiger partial charge on any atom is 0.338 e. The van der Waals surface area contributed by atoms with Crippen molar-refractivity contribution < 1.29 is 24.2 Å². The van der Waals surface area contributed by atoms with Gasteiger partial charge in [0.25, 0.3) is 11.7 Å². The molecule has 38 heavy (non-hydrogen) atoms. The summed E-state index contributed by atoms with van der Waals surface area (Å²) in [5, 5.41) is 11.6. The predicted octanol–water partition coefficient (Wildman–Crippen LogP) is 5.49. The number of hydrogen-bond acceptors (Lipinski definition) is 6. The van der Waals surface area contributed by atoms with E-state index in [0.717, 1.165) is 16.7 Å². The van der Waals surface area contributed by atoms with Crippen molar-refractivity contribution in [2.45, 2.75) is 52.6 Å². The normalized spacial score (nSPS) is 17.1. The first-order valence-corrected chi connectivity index (χ1v) is 12.6.